The fraction of sp³-hybridized carbons (Fsp3) is 0.348. The molecular formula is C23H28N4O2S. The SMILES string of the molecule is CCCCNC(=O)CN(Cc1ccccc1)c1nc(Cc2cccc(OC)c2)ns1. The molecule has 6 nitrogen and oxygen atoms in total. The van der Waals surface area contributed by atoms with Gasteiger partial charge in [0.15, 0.2) is 0 Å². The summed E-state index contributed by atoms with van der Waals surface area (Å²) in [7, 11) is 1.66. The van der Waals surface area contributed by atoms with Gasteiger partial charge in [-0.1, -0.05) is 55.8 Å². The highest BCUT2D eigenvalue weighted by atomic mass is 32.1. The molecule has 0 saturated carbocycles. The highest BCUT2D eigenvalue weighted by Crippen LogP contribution is 2.22. The maximum Gasteiger partial charge on any atom is 0.239 e. The fourth-order valence-electron chi connectivity index (χ4n) is 3.04. The Morgan fingerprint density at radius 2 is 1.93 bits per heavy atom. The minimum absolute atomic E-state index is 0.00364. The van der Waals surface area contributed by atoms with Gasteiger partial charge >= 0.3 is 0 Å². The number of benzene rings is 2. The largest absolute Gasteiger partial charge is 0.497 e. The van der Waals surface area contributed by atoms with Crippen LogP contribution in [0, 0.1) is 0 Å². The van der Waals surface area contributed by atoms with Crippen LogP contribution >= 0.6 is 11.5 Å². The molecule has 2 aromatic carbocycles. The Bertz CT molecular complexity index is 930. The second kappa shape index (κ2) is 11.3. The maximum absolute atomic E-state index is 12.4. The van der Waals surface area contributed by atoms with Gasteiger partial charge in [-0.15, -0.1) is 0 Å². The first-order chi connectivity index (χ1) is 14.7. The third-order valence-electron chi connectivity index (χ3n) is 4.63. The molecule has 1 heterocycles. The summed E-state index contributed by atoms with van der Waals surface area (Å²) in [5.74, 6) is 1.56. The average Bonchev–Trinajstić information content (AvgIpc) is 3.23. The summed E-state index contributed by atoms with van der Waals surface area (Å²) in [6.07, 6.45) is 2.65. The van der Waals surface area contributed by atoms with Gasteiger partial charge in [-0.05, 0) is 29.7 Å². The molecule has 0 unspecified atom stereocenters. The van der Waals surface area contributed by atoms with Gasteiger partial charge in [0.05, 0.1) is 13.7 Å². The molecule has 0 spiro atoms. The number of nitrogens with one attached hydrogen (secondary N) is 1. The summed E-state index contributed by atoms with van der Waals surface area (Å²) in [5, 5.41) is 3.74. The molecule has 0 aliphatic heterocycles. The van der Waals surface area contributed by atoms with Crippen LogP contribution in [0.4, 0.5) is 5.13 Å². The number of ether oxygens (including phenoxy) is 1. The minimum Gasteiger partial charge on any atom is -0.497 e. The standard InChI is InChI=1S/C23H28N4O2S/c1-3-4-13-24-22(28)17-27(16-18-9-6-5-7-10-18)23-25-21(26-30-23)15-19-11-8-12-20(14-19)29-2/h5-12,14H,3-4,13,15-17H2,1-2H3,(H,24,28). The van der Waals surface area contributed by atoms with E-state index in [-0.39, 0.29) is 12.5 Å². The molecule has 0 atom stereocenters. The quantitative estimate of drug-likeness (QED) is 0.470. The van der Waals surface area contributed by atoms with Crippen molar-refractivity contribution < 1.29 is 9.53 Å². The van der Waals surface area contributed by atoms with Crippen LogP contribution in [0.3, 0.4) is 0 Å². The van der Waals surface area contributed by atoms with Crippen LogP contribution in [0.5, 0.6) is 5.75 Å². The van der Waals surface area contributed by atoms with E-state index in [1.165, 1.54) is 11.5 Å². The maximum atomic E-state index is 12.4. The van der Waals surface area contributed by atoms with Crippen LogP contribution in [-0.2, 0) is 17.8 Å². The second-order valence-electron chi connectivity index (χ2n) is 7.07. The second-order valence-corrected chi connectivity index (χ2v) is 7.80. The van der Waals surface area contributed by atoms with Crippen molar-refractivity contribution in [3.05, 3.63) is 71.5 Å². The van der Waals surface area contributed by atoms with Crippen molar-refractivity contribution >= 4 is 22.6 Å². The summed E-state index contributed by atoms with van der Waals surface area (Å²) in [6, 6.07) is 18.0. The molecule has 0 aliphatic rings. The first-order valence-electron chi connectivity index (χ1n) is 10.2. The number of aromatic nitrogens is 2. The summed E-state index contributed by atoms with van der Waals surface area (Å²) in [6.45, 7) is 3.67. The number of amides is 1. The van der Waals surface area contributed by atoms with E-state index in [0.717, 1.165) is 40.7 Å². The summed E-state index contributed by atoms with van der Waals surface area (Å²) < 4.78 is 9.82. The molecule has 0 radical (unpaired) electrons. The normalized spacial score (nSPS) is 10.6. The van der Waals surface area contributed by atoms with Gasteiger partial charge in [0, 0.05) is 31.0 Å². The Morgan fingerprint density at radius 3 is 2.70 bits per heavy atom. The summed E-state index contributed by atoms with van der Waals surface area (Å²) in [5.41, 5.74) is 2.22. The number of hydrogen-bond donors (Lipinski definition) is 1. The molecule has 0 bridgehead atoms. The van der Waals surface area contributed by atoms with E-state index in [4.69, 9.17) is 9.72 Å². The Balaban J connectivity index is 1.72. The first-order valence-corrected chi connectivity index (χ1v) is 11.0. The Kier molecular flexibility index (Phi) is 8.20. The molecule has 1 amide bonds. The van der Waals surface area contributed by atoms with Crippen LogP contribution in [0.1, 0.15) is 36.7 Å². The van der Waals surface area contributed by atoms with Gasteiger partial charge in [0.25, 0.3) is 0 Å². The zero-order valence-electron chi connectivity index (χ0n) is 17.5. The Morgan fingerprint density at radius 1 is 1.13 bits per heavy atom. The molecule has 1 N–H and O–H groups in total. The summed E-state index contributed by atoms with van der Waals surface area (Å²) in [4.78, 5) is 19.2. The highest BCUT2D eigenvalue weighted by Gasteiger charge is 2.17. The lowest BCUT2D eigenvalue weighted by atomic mass is 10.1. The van der Waals surface area contributed by atoms with Gasteiger partial charge in [0.1, 0.15) is 11.6 Å². The monoisotopic (exact) mass is 424 g/mol. The van der Waals surface area contributed by atoms with E-state index < -0.39 is 0 Å². The molecule has 0 fully saturated rings. The van der Waals surface area contributed by atoms with Crippen molar-refractivity contribution in [1.29, 1.82) is 0 Å². The molecule has 3 aromatic rings. The molecule has 1 aromatic heterocycles. The lowest BCUT2D eigenvalue weighted by Crippen LogP contribution is -2.37. The third-order valence-corrected chi connectivity index (χ3v) is 5.44. The van der Waals surface area contributed by atoms with Gasteiger partial charge in [-0.25, -0.2) is 4.98 Å². The molecule has 0 saturated heterocycles. The molecule has 7 heteroatoms. The van der Waals surface area contributed by atoms with E-state index in [1.807, 2.05) is 47.4 Å². The number of hydrogen-bond acceptors (Lipinski definition) is 6. The Labute approximate surface area is 182 Å². The molecular weight excluding hydrogens is 396 g/mol. The highest BCUT2D eigenvalue weighted by molar-refractivity contribution is 7.09. The number of nitrogens with zero attached hydrogens (tertiary/aromatic N) is 3. The van der Waals surface area contributed by atoms with Crippen molar-refractivity contribution in [2.24, 2.45) is 0 Å². The van der Waals surface area contributed by atoms with Crippen molar-refractivity contribution in [2.45, 2.75) is 32.7 Å². The van der Waals surface area contributed by atoms with Crippen LogP contribution in [0.2, 0.25) is 0 Å². The van der Waals surface area contributed by atoms with Crippen molar-refractivity contribution in [1.82, 2.24) is 14.7 Å². The van der Waals surface area contributed by atoms with E-state index in [9.17, 15) is 4.79 Å². The predicted molar refractivity (Wildman–Crippen MR) is 121 cm³/mol. The Hall–Kier alpha value is -2.93. The average molecular weight is 425 g/mol. The van der Waals surface area contributed by atoms with Crippen LogP contribution in [0.25, 0.3) is 0 Å². The van der Waals surface area contributed by atoms with Gasteiger partial charge in [-0.2, -0.15) is 4.37 Å². The number of carbonyl (C=O) groups is 1. The first kappa shape index (κ1) is 21.8. The van der Waals surface area contributed by atoms with E-state index in [0.29, 0.717) is 19.5 Å². The number of anilines is 1. The molecule has 3 rings (SSSR count). The van der Waals surface area contributed by atoms with Crippen LogP contribution in [0.15, 0.2) is 54.6 Å². The van der Waals surface area contributed by atoms with Gasteiger partial charge in [-0.3, -0.25) is 4.79 Å². The van der Waals surface area contributed by atoms with Crippen molar-refractivity contribution in [3.8, 4) is 5.75 Å². The van der Waals surface area contributed by atoms with Gasteiger partial charge < -0.3 is 15.0 Å². The number of methoxy groups -OCH3 is 1. The number of unbranched alkanes of at least 4 members (excludes halogenated alkanes) is 1. The van der Waals surface area contributed by atoms with E-state index >= 15 is 0 Å². The summed E-state index contributed by atoms with van der Waals surface area (Å²) >= 11 is 1.33. The predicted octanol–water partition coefficient (Wildman–Crippen LogP) is 4.06. The molecule has 158 valence electrons. The van der Waals surface area contributed by atoms with Crippen LogP contribution < -0.4 is 15.0 Å². The van der Waals surface area contributed by atoms with Gasteiger partial charge in [0.2, 0.25) is 11.0 Å². The number of rotatable bonds is 11. The van der Waals surface area contributed by atoms with Crippen molar-refractivity contribution in [3.63, 3.8) is 0 Å². The number of carbonyl (C=O) groups excluding carboxylic acids is 1. The van der Waals surface area contributed by atoms with Crippen LogP contribution in [-0.4, -0.2) is 35.5 Å². The lowest BCUT2D eigenvalue weighted by Gasteiger charge is -2.21. The van der Waals surface area contributed by atoms with E-state index in [1.54, 1.807) is 7.11 Å². The minimum atomic E-state index is 0.00364. The lowest BCUT2D eigenvalue weighted by molar-refractivity contribution is -0.119. The molecule has 30 heavy (non-hydrogen) atoms. The van der Waals surface area contributed by atoms with Crippen molar-refractivity contribution in [2.75, 3.05) is 25.1 Å². The zero-order valence-corrected chi connectivity index (χ0v) is 18.3. The topological polar surface area (TPSA) is 67.4 Å². The molecule has 0 aliphatic carbocycles. The smallest absolute Gasteiger partial charge is 0.239 e. The third kappa shape index (κ3) is 6.56. The van der Waals surface area contributed by atoms with E-state index in [2.05, 4.69) is 28.7 Å². The fourth-order valence-corrected chi connectivity index (χ4v) is 3.72. The zero-order chi connectivity index (χ0) is 21.2.